The molecule has 1 saturated carbocycles. The minimum Gasteiger partial charge on any atom is -0.350 e. The van der Waals surface area contributed by atoms with E-state index in [0.29, 0.717) is 29.7 Å². The fourth-order valence-corrected chi connectivity index (χ4v) is 4.57. The molecule has 148 valence electrons. The molecule has 6 nitrogen and oxygen atoms in total. The number of carbonyl (C=O) groups is 1. The molecule has 1 aromatic carbocycles. The molecule has 2 heterocycles. The van der Waals surface area contributed by atoms with Gasteiger partial charge in [0.15, 0.2) is 0 Å². The maximum Gasteiger partial charge on any atom is 0.222 e. The number of hydrogen-bond donors (Lipinski definition) is 1. The van der Waals surface area contributed by atoms with Crippen LogP contribution in [-0.4, -0.2) is 52.4 Å². The van der Waals surface area contributed by atoms with Crippen molar-refractivity contribution in [2.24, 2.45) is 11.8 Å². The van der Waals surface area contributed by atoms with E-state index >= 15 is 0 Å². The summed E-state index contributed by atoms with van der Waals surface area (Å²) in [6.45, 7) is 2.48. The Morgan fingerprint density at radius 3 is 2.57 bits per heavy atom. The lowest BCUT2D eigenvalue weighted by molar-refractivity contribution is -0.134. The summed E-state index contributed by atoms with van der Waals surface area (Å²) in [6, 6.07) is 10.8. The number of amides is 1. The molecule has 1 N–H and O–H groups in total. The first kappa shape index (κ1) is 18.9. The number of rotatable bonds is 6. The molecule has 1 amide bonds. The van der Waals surface area contributed by atoms with Gasteiger partial charge in [0.1, 0.15) is 0 Å². The molecule has 2 aliphatic rings. The number of carbonyl (C=O) groups excluding carboxylic acids is 1. The summed E-state index contributed by atoms with van der Waals surface area (Å²) < 4.78 is 0. The highest BCUT2D eigenvalue weighted by Crippen LogP contribution is 2.40. The summed E-state index contributed by atoms with van der Waals surface area (Å²) in [7, 11) is 4.11. The number of piperidine rings is 1. The SMILES string of the molecule is CN1C[C@@H]2C[C@H](N(C)Cc3cnc(NCc4ccccc4)nc3)C[C@@H]2CC1=O. The van der Waals surface area contributed by atoms with Gasteiger partial charge in [-0.3, -0.25) is 9.69 Å². The van der Waals surface area contributed by atoms with Crippen LogP contribution in [0.3, 0.4) is 0 Å². The van der Waals surface area contributed by atoms with Crippen molar-refractivity contribution in [3.8, 4) is 0 Å². The van der Waals surface area contributed by atoms with Crippen molar-refractivity contribution < 1.29 is 4.79 Å². The minimum atomic E-state index is 0.302. The van der Waals surface area contributed by atoms with E-state index in [1.54, 1.807) is 0 Å². The second-order valence-corrected chi connectivity index (χ2v) is 8.29. The van der Waals surface area contributed by atoms with Crippen LogP contribution in [0.1, 0.15) is 30.4 Å². The van der Waals surface area contributed by atoms with Crippen molar-refractivity contribution in [3.63, 3.8) is 0 Å². The Kier molecular flexibility index (Phi) is 5.57. The second-order valence-electron chi connectivity index (χ2n) is 8.29. The molecular weight excluding hydrogens is 350 g/mol. The Bertz CT molecular complexity index is 794. The summed E-state index contributed by atoms with van der Waals surface area (Å²) >= 11 is 0. The third kappa shape index (κ3) is 4.33. The van der Waals surface area contributed by atoms with Gasteiger partial charge in [0.25, 0.3) is 0 Å². The van der Waals surface area contributed by atoms with Crippen molar-refractivity contribution in [2.45, 2.75) is 38.4 Å². The van der Waals surface area contributed by atoms with E-state index in [2.05, 4.69) is 39.4 Å². The molecule has 1 aliphatic carbocycles. The molecular formula is C22H29N5O. The quantitative estimate of drug-likeness (QED) is 0.836. The Hall–Kier alpha value is -2.47. The molecule has 2 fully saturated rings. The monoisotopic (exact) mass is 379 g/mol. The third-order valence-electron chi connectivity index (χ3n) is 6.24. The van der Waals surface area contributed by atoms with Crippen LogP contribution in [0.15, 0.2) is 42.7 Å². The fourth-order valence-electron chi connectivity index (χ4n) is 4.57. The van der Waals surface area contributed by atoms with E-state index in [1.165, 1.54) is 12.0 Å². The maximum atomic E-state index is 12.0. The van der Waals surface area contributed by atoms with E-state index < -0.39 is 0 Å². The summed E-state index contributed by atoms with van der Waals surface area (Å²) in [5.41, 5.74) is 2.33. The van der Waals surface area contributed by atoms with Crippen LogP contribution in [0, 0.1) is 11.8 Å². The van der Waals surface area contributed by atoms with Crippen LogP contribution < -0.4 is 5.32 Å². The highest BCUT2D eigenvalue weighted by molar-refractivity contribution is 5.77. The van der Waals surface area contributed by atoms with Crippen LogP contribution in [0.25, 0.3) is 0 Å². The number of hydrogen-bond acceptors (Lipinski definition) is 5. The molecule has 1 aromatic heterocycles. The molecule has 28 heavy (non-hydrogen) atoms. The van der Waals surface area contributed by atoms with Gasteiger partial charge in [0, 0.05) is 57.1 Å². The van der Waals surface area contributed by atoms with E-state index in [-0.39, 0.29) is 0 Å². The number of fused-ring (bicyclic) bond motifs is 1. The van der Waals surface area contributed by atoms with Gasteiger partial charge in [-0.1, -0.05) is 30.3 Å². The largest absolute Gasteiger partial charge is 0.350 e. The van der Waals surface area contributed by atoms with E-state index in [1.807, 2.05) is 42.5 Å². The lowest BCUT2D eigenvalue weighted by Crippen LogP contribution is -2.39. The van der Waals surface area contributed by atoms with Gasteiger partial charge >= 0.3 is 0 Å². The van der Waals surface area contributed by atoms with Crippen molar-refractivity contribution >= 4 is 11.9 Å². The summed E-state index contributed by atoms with van der Waals surface area (Å²) in [6.07, 6.45) is 6.84. The molecule has 1 aliphatic heterocycles. The van der Waals surface area contributed by atoms with Crippen LogP contribution in [0.2, 0.25) is 0 Å². The van der Waals surface area contributed by atoms with Gasteiger partial charge in [0.2, 0.25) is 11.9 Å². The molecule has 1 saturated heterocycles. The lowest BCUT2D eigenvalue weighted by Gasteiger charge is -2.31. The number of nitrogens with zero attached hydrogens (tertiary/aromatic N) is 4. The van der Waals surface area contributed by atoms with Gasteiger partial charge in [0.05, 0.1) is 0 Å². The van der Waals surface area contributed by atoms with E-state index in [0.717, 1.165) is 38.0 Å². The van der Waals surface area contributed by atoms with E-state index in [4.69, 9.17) is 0 Å². The van der Waals surface area contributed by atoms with Crippen molar-refractivity contribution in [3.05, 3.63) is 53.9 Å². The smallest absolute Gasteiger partial charge is 0.222 e. The zero-order valence-electron chi connectivity index (χ0n) is 16.7. The average Bonchev–Trinajstić information content (AvgIpc) is 3.11. The molecule has 4 rings (SSSR count). The van der Waals surface area contributed by atoms with E-state index in [9.17, 15) is 4.79 Å². The Labute approximate surface area is 167 Å². The maximum absolute atomic E-state index is 12.0. The first-order chi connectivity index (χ1) is 13.6. The highest BCUT2D eigenvalue weighted by atomic mass is 16.2. The fraction of sp³-hybridized carbons (Fsp3) is 0.500. The number of nitrogens with one attached hydrogen (secondary N) is 1. The highest BCUT2D eigenvalue weighted by Gasteiger charge is 2.41. The number of aromatic nitrogens is 2. The van der Waals surface area contributed by atoms with Crippen molar-refractivity contribution in [1.29, 1.82) is 0 Å². The molecule has 0 bridgehead atoms. The molecule has 3 atom stereocenters. The first-order valence-electron chi connectivity index (χ1n) is 10.1. The van der Waals surface area contributed by atoms with Crippen LogP contribution in [0.5, 0.6) is 0 Å². The molecule has 0 radical (unpaired) electrons. The normalized spacial score (nSPS) is 24.5. The third-order valence-corrected chi connectivity index (χ3v) is 6.24. The molecule has 0 unspecified atom stereocenters. The molecule has 6 heteroatoms. The number of benzene rings is 1. The summed E-state index contributed by atoms with van der Waals surface area (Å²) in [5, 5.41) is 3.27. The molecule has 0 spiro atoms. The van der Waals surface area contributed by atoms with Gasteiger partial charge in [-0.15, -0.1) is 0 Å². The predicted octanol–water partition coefficient (Wildman–Crippen LogP) is 2.78. The number of anilines is 1. The van der Waals surface area contributed by atoms with Gasteiger partial charge in [-0.2, -0.15) is 0 Å². The summed E-state index contributed by atoms with van der Waals surface area (Å²) in [5.74, 6) is 2.16. The van der Waals surface area contributed by atoms with Crippen molar-refractivity contribution in [2.75, 3.05) is 26.0 Å². The average molecular weight is 380 g/mol. The van der Waals surface area contributed by atoms with Crippen LogP contribution in [0.4, 0.5) is 5.95 Å². The number of likely N-dealkylation sites (tertiary alicyclic amines) is 1. The predicted molar refractivity (Wildman–Crippen MR) is 110 cm³/mol. The zero-order valence-corrected chi connectivity index (χ0v) is 16.7. The van der Waals surface area contributed by atoms with Gasteiger partial charge < -0.3 is 10.2 Å². The minimum absolute atomic E-state index is 0.302. The van der Waals surface area contributed by atoms with Crippen LogP contribution >= 0.6 is 0 Å². The summed E-state index contributed by atoms with van der Waals surface area (Å²) in [4.78, 5) is 25.2. The Morgan fingerprint density at radius 2 is 1.82 bits per heavy atom. The standard InChI is InChI=1S/C22H29N5O/c1-26(20-8-18-10-21(28)27(2)15-19(18)9-20)14-17-12-24-22(25-13-17)23-11-16-6-4-3-5-7-16/h3-7,12-13,18-20H,8-11,14-15H2,1-2H3,(H,23,24,25)/t18-,19+,20-/m1/s1. The second kappa shape index (κ2) is 8.27. The topological polar surface area (TPSA) is 61.4 Å². The molecule has 2 aromatic rings. The lowest BCUT2D eigenvalue weighted by atomic mass is 9.88. The Balaban J connectivity index is 1.29. The van der Waals surface area contributed by atoms with Gasteiger partial charge in [-0.05, 0) is 37.3 Å². The Morgan fingerprint density at radius 1 is 1.11 bits per heavy atom. The van der Waals surface area contributed by atoms with Gasteiger partial charge in [-0.25, -0.2) is 9.97 Å². The van der Waals surface area contributed by atoms with Crippen LogP contribution in [-0.2, 0) is 17.9 Å². The zero-order chi connectivity index (χ0) is 19.5. The first-order valence-corrected chi connectivity index (χ1v) is 10.1. The van der Waals surface area contributed by atoms with Crippen molar-refractivity contribution in [1.82, 2.24) is 19.8 Å².